The maximum Gasteiger partial charge on any atom is 0.0120 e. The number of hydrogen-bond acceptors (Lipinski definition) is 1. The molecule has 64 valence electrons. The van der Waals surface area contributed by atoms with Crippen LogP contribution in [0, 0.1) is 6.92 Å². The highest BCUT2D eigenvalue weighted by Gasteiger charge is 2.27. The highest BCUT2D eigenvalue weighted by Crippen LogP contribution is 2.27. The third-order valence-electron chi connectivity index (χ3n) is 2.85. The Hall–Kier alpha value is -0.820. The van der Waals surface area contributed by atoms with Crippen LogP contribution in [0.15, 0.2) is 24.3 Å². The van der Waals surface area contributed by atoms with E-state index >= 15 is 0 Å². The van der Waals surface area contributed by atoms with E-state index in [1.165, 1.54) is 11.1 Å². The molecule has 0 aliphatic carbocycles. The van der Waals surface area contributed by atoms with Gasteiger partial charge in [0.15, 0.2) is 0 Å². The molecule has 0 bridgehead atoms. The average Bonchev–Trinajstić information content (AvgIpc) is 2.06. The van der Waals surface area contributed by atoms with Gasteiger partial charge < -0.3 is 5.32 Å². The summed E-state index contributed by atoms with van der Waals surface area (Å²) in [6.45, 7) is 5.59. The van der Waals surface area contributed by atoms with Gasteiger partial charge in [0, 0.05) is 18.5 Å². The largest absolute Gasteiger partial charge is 0.313 e. The molecule has 1 aromatic rings. The highest BCUT2D eigenvalue weighted by molar-refractivity contribution is 5.32. The van der Waals surface area contributed by atoms with Gasteiger partial charge in [-0.05, 0) is 25.0 Å². The van der Waals surface area contributed by atoms with Crippen LogP contribution in [0.1, 0.15) is 24.0 Å². The van der Waals surface area contributed by atoms with Crippen LogP contribution in [-0.2, 0) is 0 Å². The average molecular weight is 161 g/mol. The minimum atomic E-state index is 0.658. The predicted octanol–water partition coefficient (Wildman–Crippen LogP) is 2.07. The van der Waals surface area contributed by atoms with E-state index in [-0.39, 0.29) is 0 Å². The van der Waals surface area contributed by atoms with Gasteiger partial charge in [-0.15, -0.1) is 0 Å². The summed E-state index contributed by atoms with van der Waals surface area (Å²) in [5.74, 6) is 0.742. The van der Waals surface area contributed by atoms with Gasteiger partial charge in [-0.2, -0.15) is 0 Å². The minimum Gasteiger partial charge on any atom is -0.313 e. The number of hydrogen-bond donors (Lipinski definition) is 1. The molecule has 0 saturated carbocycles. The Balaban J connectivity index is 2.27. The van der Waals surface area contributed by atoms with E-state index < -0.39 is 0 Å². The quantitative estimate of drug-likeness (QED) is 0.665. The summed E-state index contributed by atoms with van der Waals surface area (Å²) >= 11 is 0. The van der Waals surface area contributed by atoms with Crippen molar-refractivity contribution in [2.45, 2.75) is 25.8 Å². The SMILES string of the molecule is Cc1ccccc1C1CNC1C. The maximum absolute atomic E-state index is 3.38. The lowest BCUT2D eigenvalue weighted by Crippen LogP contribution is -2.49. The second kappa shape index (κ2) is 2.91. The molecule has 0 radical (unpaired) electrons. The Bertz CT molecular complexity index is 280. The Kier molecular flexibility index (Phi) is 1.89. The van der Waals surface area contributed by atoms with Gasteiger partial charge in [0.2, 0.25) is 0 Å². The van der Waals surface area contributed by atoms with E-state index in [1.807, 2.05) is 0 Å². The number of rotatable bonds is 1. The van der Waals surface area contributed by atoms with Crippen molar-refractivity contribution in [3.05, 3.63) is 35.4 Å². The van der Waals surface area contributed by atoms with E-state index in [2.05, 4.69) is 43.4 Å². The number of aryl methyl sites for hydroxylation is 1. The zero-order valence-corrected chi connectivity index (χ0v) is 7.67. The summed E-state index contributed by atoms with van der Waals surface area (Å²) in [4.78, 5) is 0. The first-order chi connectivity index (χ1) is 5.79. The third kappa shape index (κ3) is 1.14. The van der Waals surface area contributed by atoms with Gasteiger partial charge in [-0.3, -0.25) is 0 Å². The predicted molar refractivity (Wildman–Crippen MR) is 51.4 cm³/mol. The Morgan fingerprint density at radius 2 is 2.08 bits per heavy atom. The van der Waals surface area contributed by atoms with E-state index in [0.717, 1.165) is 12.5 Å². The van der Waals surface area contributed by atoms with Crippen LogP contribution in [0.4, 0.5) is 0 Å². The minimum absolute atomic E-state index is 0.658. The van der Waals surface area contributed by atoms with Gasteiger partial charge in [0.1, 0.15) is 0 Å². The van der Waals surface area contributed by atoms with E-state index in [1.54, 1.807) is 0 Å². The molecule has 0 spiro atoms. The van der Waals surface area contributed by atoms with Gasteiger partial charge in [0.05, 0.1) is 0 Å². The fourth-order valence-electron chi connectivity index (χ4n) is 1.85. The first-order valence-corrected chi connectivity index (χ1v) is 4.58. The van der Waals surface area contributed by atoms with Crippen molar-refractivity contribution in [2.24, 2.45) is 0 Å². The molecule has 1 nitrogen and oxygen atoms in total. The standard InChI is InChI=1S/C11H15N/c1-8-5-3-4-6-10(8)11-7-12-9(11)2/h3-6,9,11-12H,7H2,1-2H3. The second-order valence-corrected chi connectivity index (χ2v) is 3.66. The smallest absolute Gasteiger partial charge is 0.0120 e. The molecule has 2 atom stereocenters. The second-order valence-electron chi connectivity index (χ2n) is 3.66. The molecule has 1 saturated heterocycles. The van der Waals surface area contributed by atoms with Crippen molar-refractivity contribution >= 4 is 0 Å². The molecular weight excluding hydrogens is 146 g/mol. The van der Waals surface area contributed by atoms with Crippen LogP contribution >= 0.6 is 0 Å². The zero-order valence-electron chi connectivity index (χ0n) is 7.67. The lowest BCUT2D eigenvalue weighted by molar-refractivity contribution is 0.333. The topological polar surface area (TPSA) is 12.0 Å². The summed E-state index contributed by atoms with van der Waals surface area (Å²) in [5.41, 5.74) is 2.94. The molecule has 1 aromatic carbocycles. The van der Waals surface area contributed by atoms with Gasteiger partial charge >= 0.3 is 0 Å². The van der Waals surface area contributed by atoms with Crippen molar-refractivity contribution in [3.8, 4) is 0 Å². The zero-order chi connectivity index (χ0) is 8.55. The van der Waals surface area contributed by atoms with Crippen molar-refractivity contribution in [1.29, 1.82) is 0 Å². The first-order valence-electron chi connectivity index (χ1n) is 4.58. The fraction of sp³-hybridized carbons (Fsp3) is 0.455. The fourth-order valence-corrected chi connectivity index (χ4v) is 1.85. The summed E-state index contributed by atoms with van der Waals surface area (Å²) < 4.78 is 0. The summed E-state index contributed by atoms with van der Waals surface area (Å²) in [6.07, 6.45) is 0. The molecule has 1 fully saturated rings. The molecule has 2 rings (SSSR count). The molecule has 12 heavy (non-hydrogen) atoms. The van der Waals surface area contributed by atoms with Crippen LogP contribution in [0.2, 0.25) is 0 Å². The number of benzene rings is 1. The molecule has 2 unspecified atom stereocenters. The maximum atomic E-state index is 3.38. The third-order valence-corrected chi connectivity index (χ3v) is 2.85. The lowest BCUT2D eigenvalue weighted by atomic mass is 9.84. The van der Waals surface area contributed by atoms with Crippen molar-refractivity contribution in [3.63, 3.8) is 0 Å². The molecular formula is C11H15N. The van der Waals surface area contributed by atoms with Gasteiger partial charge in [0.25, 0.3) is 0 Å². The van der Waals surface area contributed by atoms with Crippen LogP contribution in [-0.4, -0.2) is 12.6 Å². The lowest BCUT2D eigenvalue weighted by Gasteiger charge is -2.36. The monoisotopic (exact) mass is 161 g/mol. The molecule has 1 N–H and O–H groups in total. The number of nitrogens with one attached hydrogen (secondary N) is 1. The van der Waals surface area contributed by atoms with Gasteiger partial charge in [-0.1, -0.05) is 24.3 Å². The molecule has 1 heterocycles. The summed E-state index contributed by atoms with van der Waals surface area (Å²) in [6, 6.07) is 9.34. The van der Waals surface area contributed by atoms with E-state index in [9.17, 15) is 0 Å². The van der Waals surface area contributed by atoms with Crippen LogP contribution in [0.5, 0.6) is 0 Å². The molecule has 1 heteroatoms. The first kappa shape index (κ1) is 7.81. The normalized spacial score (nSPS) is 28.2. The van der Waals surface area contributed by atoms with E-state index in [4.69, 9.17) is 0 Å². The Morgan fingerprint density at radius 3 is 2.58 bits per heavy atom. The molecule has 1 aliphatic rings. The highest BCUT2D eigenvalue weighted by atomic mass is 15.0. The molecule has 0 amide bonds. The van der Waals surface area contributed by atoms with Gasteiger partial charge in [-0.25, -0.2) is 0 Å². The summed E-state index contributed by atoms with van der Waals surface area (Å²) in [5, 5.41) is 3.38. The summed E-state index contributed by atoms with van der Waals surface area (Å²) in [7, 11) is 0. The van der Waals surface area contributed by atoms with Crippen LogP contribution in [0.25, 0.3) is 0 Å². The van der Waals surface area contributed by atoms with Crippen molar-refractivity contribution in [1.82, 2.24) is 5.32 Å². The van der Waals surface area contributed by atoms with Crippen LogP contribution < -0.4 is 5.32 Å². The Labute approximate surface area is 73.8 Å². The Morgan fingerprint density at radius 1 is 1.33 bits per heavy atom. The van der Waals surface area contributed by atoms with E-state index in [0.29, 0.717) is 6.04 Å². The van der Waals surface area contributed by atoms with Crippen molar-refractivity contribution < 1.29 is 0 Å². The van der Waals surface area contributed by atoms with Crippen molar-refractivity contribution in [2.75, 3.05) is 6.54 Å². The molecule has 1 aliphatic heterocycles. The molecule has 0 aromatic heterocycles. The van der Waals surface area contributed by atoms with Crippen LogP contribution in [0.3, 0.4) is 0 Å².